The quantitative estimate of drug-likeness (QED) is 0.924. The number of carbonyl (C=O) groups excluding carboxylic acids is 2. The predicted molar refractivity (Wildman–Crippen MR) is 91.1 cm³/mol. The van der Waals surface area contributed by atoms with E-state index in [4.69, 9.17) is 17.3 Å². The summed E-state index contributed by atoms with van der Waals surface area (Å²) in [6.45, 7) is 2.77. The van der Waals surface area contributed by atoms with Crippen LogP contribution >= 0.6 is 11.6 Å². The van der Waals surface area contributed by atoms with Gasteiger partial charge in [-0.2, -0.15) is 5.10 Å². The number of primary amides is 1. The molecule has 2 amide bonds. The minimum Gasteiger partial charge on any atom is -0.369 e. The lowest BCUT2D eigenvalue weighted by atomic mass is 9.96. The molecule has 0 spiro atoms. The van der Waals surface area contributed by atoms with Gasteiger partial charge >= 0.3 is 0 Å². The van der Waals surface area contributed by atoms with E-state index in [2.05, 4.69) is 5.10 Å². The van der Waals surface area contributed by atoms with Crippen molar-refractivity contribution in [2.75, 3.05) is 13.1 Å². The molecule has 0 radical (unpaired) electrons. The van der Waals surface area contributed by atoms with Crippen LogP contribution in [0.3, 0.4) is 0 Å². The maximum atomic E-state index is 12.8. The second-order valence-electron chi connectivity index (χ2n) is 5.97. The number of carbonyl (C=O) groups is 2. The van der Waals surface area contributed by atoms with E-state index in [1.807, 2.05) is 30.3 Å². The number of amides is 2. The van der Waals surface area contributed by atoms with E-state index in [0.29, 0.717) is 42.3 Å². The molecule has 1 fully saturated rings. The molecule has 0 unspecified atom stereocenters. The molecule has 24 heavy (non-hydrogen) atoms. The van der Waals surface area contributed by atoms with Gasteiger partial charge in [-0.1, -0.05) is 29.8 Å². The lowest BCUT2D eigenvalue weighted by Crippen LogP contribution is -2.41. The van der Waals surface area contributed by atoms with E-state index < -0.39 is 0 Å². The van der Waals surface area contributed by atoms with Gasteiger partial charge in [0, 0.05) is 19.0 Å². The third-order valence-electron chi connectivity index (χ3n) is 4.40. The first-order chi connectivity index (χ1) is 11.5. The van der Waals surface area contributed by atoms with Gasteiger partial charge in [0.1, 0.15) is 5.15 Å². The Hall–Kier alpha value is -2.34. The highest BCUT2D eigenvalue weighted by Crippen LogP contribution is 2.26. The molecule has 1 saturated heterocycles. The topological polar surface area (TPSA) is 81.2 Å². The average Bonchev–Trinajstić information content (AvgIpc) is 2.89. The number of piperidine rings is 1. The number of aryl methyl sites for hydroxylation is 1. The fraction of sp³-hybridized carbons (Fsp3) is 0.353. The Kier molecular flexibility index (Phi) is 4.57. The third-order valence-corrected chi connectivity index (χ3v) is 4.75. The Morgan fingerprint density at radius 2 is 1.83 bits per heavy atom. The molecule has 126 valence electrons. The summed E-state index contributed by atoms with van der Waals surface area (Å²) in [5.74, 6) is -0.603. The van der Waals surface area contributed by atoms with Crippen LogP contribution in [0.1, 0.15) is 28.9 Å². The molecule has 7 heteroatoms. The number of likely N-dealkylation sites (tertiary alicyclic amines) is 1. The van der Waals surface area contributed by atoms with Crippen molar-refractivity contribution in [3.05, 3.63) is 46.7 Å². The van der Waals surface area contributed by atoms with Crippen molar-refractivity contribution < 1.29 is 9.59 Å². The Labute approximate surface area is 145 Å². The molecular formula is C17H19ClN4O2. The Bertz CT molecular complexity index is 764. The monoisotopic (exact) mass is 346 g/mol. The molecule has 2 N–H and O–H groups in total. The summed E-state index contributed by atoms with van der Waals surface area (Å²) in [6.07, 6.45) is 1.18. The van der Waals surface area contributed by atoms with Crippen LogP contribution in [0.4, 0.5) is 0 Å². The second kappa shape index (κ2) is 6.65. The van der Waals surface area contributed by atoms with Crippen LogP contribution in [0.5, 0.6) is 0 Å². The molecule has 0 saturated carbocycles. The SMILES string of the molecule is Cc1nn(-c2ccccc2)c(Cl)c1C(=O)N1CCC(C(N)=O)CC1. The van der Waals surface area contributed by atoms with Crippen LogP contribution in [0.2, 0.25) is 5.15 Å². The summed E-state index contributed by atoms with van der Waals surface area (Å²) in [6, 6.07) is 9.44. The molecule has 0 atom stereocenters. The smallest absolute Gasteiger partial charge is 0.258 e. The maximum Gasteiger partial charge on any atom is 0.258 e. The van der Waals surface area contributed by atoms with Crippen molar-refractivity contribution in [3.63, 3.8) is 0 Å². The van der Waals surface area contributed by atoms with Crippen molar-refractivity contribution in [1.82, 2.24) is 14.7 Å². The number of nitrogens with zero attached hydrogens (tertiary/aromatic N) is 3. The van der Waals surface area contributed by atoms with E-state index in [-0.39, 0.29) is 17.7 Å². The summed E-state index contributed by atoms with van der Waals surface area (Å²) < 4.78 is 1.57. The molecule has 6 nitrogen and oxygen atoms in total. The van der Waals surface area contributed by atoms with Crippen molar-refractivity contribution in [1.29, 1.82) is 0 Å². The van der Waals surface area contributed by atoms with Crippen molar-refractivity contribution in [2.24, 2.45) is 11.7 Å². The van der Waals surface area contributed by atoms with Gasteiger partial charge in [-0.3, -0.25) is 9.59 Å². The molecular weight excluding hydrogens is 328 g/mol. The fourth-order valence-corrected chi connectivity index (χ4v) is 3.36. The highest BCUT2D eigenvalue weighted by atomic mass is 35.5. The average molecular weight is 347 g/mol. The lowest BCUT2D eigenvalue weighted by Gasteiger charge is -2.30. The van der Waals surface area contributed by atoms with Crippen LogP contribution in [-0.4, -0.2) is 39.6 Å². The van der Waals surface area contributed by atoms with Crippen LogP contribution in [0.25, 0.3) is 5.69 Å². The third kappa shape index (κ3) is 3.01. The molecule has 1 aliphatic heterocycles. The van der Waals surface area contributed by atoms with Gasteiger partial charge in [-0.15, -0.1) is 0 Å². The largest absolute Gasteiger partial charge is 0.369 e. The summed E-state index contributed by atoms with van der Waals surface area (Å²) in [7, 11) is 0. The van der Waals surface area contributed by atoms with E-state index >= 15 is 0 Å². The first-order valence-corrected chi connectivity index (χ1v) is 8.26. The van der Waals surface area contributed by atoms with Crippen LogP contribution in [0, 0.1) is 12.8 Å². The van der Waals surface area contributed by atoms with E-state index in [0.717, 1.165) is 5.69 Å². The van der Waals surface area contributed by atoms with E-state index in [1.165, 1.54) is 0 Å². The molecule has 3 rings (SSSR count). The fourth-order valence-electron chi connectivity index (χ4n) is 3.01. The van der Waals surface area contributed by atoms with Crippen LogP contribution < -0.4 is 5.73 Å². The first-order valence-electron chi connectivity index (χ1n) is 7.88. The van der Waals surface area contributed by atoms with Gasteiger partial charge in [0.2, 0.25) is 5.91 Å². The van der Waals surface area contributed by atoms with Crippen molar-refractivity contribution >= 4 is 23.4 Å². The summed E-state index contributed by atoms with van der Waals surface area (Å²) in [4.78, 5) is 25.8. The molecule has 2 heterocycles. The zero-order valence-electron chi connectivity index (χ0n) is 13.4. The summed E-state index contributed by atoms with van der Waals surface area (Å²) in [5, 5.41) is 4.71. The number of hydrogen-bond acceptors (Lipinski definition) is 3. The maximum absolute atomic E-state index is 12.8. The van der Waals surface area contributed by atoms with E-state index in [1.54, 1.807) is 16.5 Å². The van der Waals surface area contributed by atoms with Crippen molar-refractivity contribution in [2.45, 2.75) is 19.8 Å². The number of benzene rings is 1. The highest BCUT2D eigenvalue weighted by molar-refractivity contribution is 6.33. The van der Waals surface area contributed by atoms with Gasteiger partial charge in [0.25, 0.3) is 5.91 Å². The van der Waals surface area contributed by atoms with Gasteiger partial charge in [0.05, 0.1) is 16.9 Å². The van der Waals surface area contributed by atoms with Crippen LogP contribution in [0.15, 0.2) is 30.3 Å². The molecule has 0 aliphatic carbocycles. The molecule has 1 aromatic heterocycles. The molecule has 2 aromatic rings. The zero-order chi connectivity index (χ0) is 17.3. The van der Waals surface area contributed by atoms with Gasteiger partial charge in [-0.05, 0) is 31.9 Å². The highest BCUT2D eigenvalue weighted by Gasteiger charge is 2.30. The molecule has 1 aliphatic rings. The Morgan fingerprint density at radius 1 is 1.21 bits per heavy atom. The van der Waals surface area contributed by atoms with Gasteiger partial charge < -0.3 is 10.6 Å². The van der Waals surface area contributed by atoms with Crippen LogP contribution in [-0.2, 0) is 4.79 Å². The lowest BCUT2D eigenvalue weighted by molar-refractivity contribution is -0.123. The van der Waals surface area contributed by atoms with Crippen molar-refractivity contribution in [3.8, 4) is 5.69 Å². The number of rotatable bonds is 3. The molecule has 1 aromatic carbocycles. The van der Waals surface area contributed by atoms with Gasteiger partial charge in [0.15, 0.2) is 0 Å². The number of para-hydroxylation sites is 1. The predicted octanol–water partition coefficient (Wildman–Crippen LogP) is 2.17. The minimum atomic E-state index is -0.298. The normalized spacial score (nSPS) is 15.5. The molecule has 0 bridgehead atoms. The number of halogens is 1. The number of nitrogens with two attached hydrogens (primary N) is 1. The number of hydrogen-bond donors (Lipinski definition) is 1. The summed E-state index contributed by atoms with van der Waals surface area (Å²) in [5.41, 5.74) is 7.15. The summed E-state index contributed by atoms with van der Waals surface area (Å²) >= 11 is 6.44. The zero-order valence-corrected chi connectivity index (χ0v) is 14.2. The Morgan fingerprint density at radius 3 is 2.42 bits per heavy atom. The number of aromatic nitrogens is 2. The van der Waals surface area contributed by atoms with Gasteiger partial charge in [-0.25, -0.2) is 4.68 Å². The Balaban J connectivity index is 1.84. The van der Waals surface area contributed by atoms with E-state index in [9.17, 15) is 9.59 Å². The minimum absolute atomic E-state index is 0.150. The first kappa shape index (κ1) is 16.5. The standard InChI is InChI=1S/C17H19ClN4O2/c1-11-14(15(18)22(20-11)13-5-3-2-4-6-13)17(24)21-9-7-12(8-10-21)16(19)23/h2-6,12H,7-10H2,1H3,(H2,19,23). The second-order valence-corrected chi connectivity index (χ2v) is 6.33.